The van der Waals surface area contributed by atoms with E-state index in [1.54, 1.807) is 29.3 Å². The van der Waals surface area contributed by atoms with Crippen LogP contribution in [0.5, 0.6) is 0 Å². The molecule has 4 rings (SSSR count). The number of hydrogen-bond donors (Lipinski definition) is 2. The molecule has 3 aromatic heterocycles. The molecule has 0 unspecified atom stereocenters. The van der Waals surface area contributed by atoms with E-state index in [0.29, 0.717) is 29.6 Å². The van der Waals surface area contributed by atoms with Crippen molar-refractivity contribution in [1.29, 1.82) is 0 Å². The first-order valence-electron chi connectivity index (χ1n) is 7.57. The maximum atomic E-state index is 12.2. The third-order valence-corrected chi connectivity index (χ3v) is 3.72. The minimum Gasteiger partial charge on any atom is -0.366 e. The van der Waals surface area contributed by atoms with Gasteiger partial charge in [0.05, 0.1) is 6.20 Å². The topological polar surface area (TPSA) is 84.2 Å². The molecule has 0 aromatic carbocycles. The summed E-state index contributed by atoms with van der Waals surface area (Å²) < 4.78 is 1.61. The van der Waals surface area contributed by atoms with Crippen LogP contribution in [0.3, 0.4) is 0 Å². The van der Waals surface area contributed by atoms with E-state index in [1.807, 2.05) is 18.2 Å². The minimum absolute atomic E-state index is 0.112. The van der Waals surface area contributed by atoms with Crippen molar-refractivity contribution < 1.29 is 4.79 Å². The van der Waals surface area contributed by atoms with Crippen LogP contribution in [-0.2, 0) is 6.54 Å². The highest BCUT2D eigenvalue weighted by molar-refractivity contribution is 6.00. The number of nitrogens with zero attached hydrogens (tertiary/aromatic N) is 4. The molecule has 0 aliphatic heterocycles. The monoisotopic (exact) mass is 308 g/mol. The predicted molar refractivity (Wildman–Crippen MR) is 85.0 cm³/mol. The van der Waals surface area contributed by atoms with Gasteiger partial charge in [0, 0.05) is 31.2 Å². The number of nitrogens with one attached hydrogen (secondary N) is 2. The number of amides is 1. The predicted octanol–water partition coefficient (Wildman–Crippen LogP) is 1.63. The number of fused-ring (bicyclic) bond motifs is 1. The summed E-state index contributed by atoms with van der Waals surface area (Å²) in [5, 5.41) is 10.4. The number of anilines is 1. The SMILES string of the molecule is O=C(NC1CC1)c1cnn2ccc(NCc3cccnc3)nc12. The standard InChI is InChI=1S/C16H16N6O/c23-16(20-12-3-4-12)13-10-19-22-7-5-14(21-15(13)22)18-9-11-2-1-6-17-8-11/h1-2,5-8,10,12H,3-4,9H2,(H,18,21)(H,20,23). The van der Waals surface area contributed by atoms with Gasteiger partial charge in [-0.3, -0.25) is 9.78 Å². The highest BCUT2D eigenvalue weighted by Crippen LogP contribution is 2.20. The highest BCUT2D eigenvalue weighted by atomic mass is 16.1. The van der Waals surface area contributed by atoms with E-state index >= 15 is 0 Å². The number of pyridine rings is 1. The molecular weight excluding hydrogens is 292 g/mol. The van der Waals surface area contributed by atoms with Gasteiger partial charge in [0.1, 0.15) is 11.4 Å². The molecule has 23 heavy (non-hydrogen) atoms. The van der Waals surface area contributed by atoms with E-state index in [0.717, 1.165) is 18.4 Å². The van der Waals surface area contributed by atoms with Gasteiger partial charge in [-0.1, -0.05) is 6.07 Å². The quantitative estimate of drug-likeness (QED) is 0.748. The van der Waals surface area contributed by atoms with Crippen molar-refractivity contribution >= 4 is 17.4 Å². The number of rotatable bonds is 5. The van der Waals surface area contributed by atoms with Gasteiger partial charge >= 0.3 is 0 Å². The van der Waals surface area contributed by atoms with E-state index in [-0.39, 0.29) is 5.91 Å². The van der Waals surface area contributed by atoms with E-state index < -0.39 is 0 Å². The van der Waals surface area contributed by atoms with Crippen molar-refractivity contribution in [3.05, 3.63) is 54.1 Å². The Morgan fingerprint density at radius 3 is 3.00 bits per heavy atom. The third-order valence-electron chi connectivity index (χ3n) is 3.72. The van der Waals surface area contributed by atoms with Crippen molar-refractivity contribution in [1.82, 2.24) is 24.9 Å². The molecule has 116 valence electrons. The van der Waals surface area contributed by atoms with E-state index in [4.69, 9.17) is 0 Å². The van der Waals surface area contributed by atoms with Gasteiger partial charge in [0.25, 0.3) is 5.91 Å². The van der Waals surface area contributed by atoms with Crippen LogP contribution >= 0.6 is 0 Å². The van der Waals surface area contributed by atoms with Gasteiger partial charge in [-0.05, 0) is 30.5 Å². The maximum Gasteiger partial charge on any atom is 0.256 e. The van der Waals surface area contributed by atoms with Gasteiger partial charge in [-0.2, -0.15) is 5.10 Å². The lowest BCUT2D eigenvalue weighted by Crippen LogP contribution is -2.25. The minimum atomic E-state index is -0.112. The van der Waals surface area contributed by atoms with Gasteiger partial charge in [0.15, 0.2) is 5.65 Å². The lowest BCUT2D eigenvalue weighted by molar-refractivity contribution is 0.0952. The largest absolute Gasteiger partial charge is 0.366 e. The molecule has 2 N–H and O–H groups in total. The Balaban J connectivity index is 1.55. The molecule has 0 spiro atoms. The summed E-state index contributed by atoms with van der Waals surface area (Å²) in [5.74, 6) is 0.585. The first-order valence-corrected chi connectivity index (χ1v) is 7.57. The van der Waals surface area contributed by atoms with Crippen molar-refractivity contribution in [3.8, 4) is 0 Å². The summed E-state index contributed by atoms with van der Waals surface area (Å²) in [6.45, 7) is 0.620. The Hall–Kier alpha value is -2.96. The Morgan fingerprint density at radius 2 is 2.22 bits per heavy atom. The van der Waals surface area contributed by atoms with Crippen LogP contribution in [-0.4, -0.2) is 31.5 Å². The summed E-state index contributed by atoms with van der Waals surface area (Å²) in [6.07, 6.45) is 9.00. The highest BCUT2D eigenvalue weighted by Gasteiger charge is 2.25. The summed E-state index contributed by atoms with van der Waals surface area (Å²) >= 11 is 0. The normalized spacial score (nSPS) is 13.9. The van der Waals surface area contributed by atoms with Crippen LogP contribution in [0, 0.1) is 0 Å². The van der Waals surface area contributed by atoms with Gasteiger partial charge in [0.2, 0.25) is 0 Å². The third kappa shape index (κ3) is 2.98. The van der Waals surface area contributed by atoms with E-state index in [9.17, 15) is 4.79 Å². The molecule has 1 fully saturated rings. The molecule has 0 saturated heterocycles. The van der Waals surface area contributed by atoms with Crippen LogP contribution in [0.4, 0.5) is 5.82 Å². The zero-order chi connectivity index (χ0) is 15.6. The van der Waals surface area contributed by atoms with Crippen molar-refractivity contribution in [2.24, 2.45) is 0 Å². The Labute approximate surface area is 132 Å². The van der Waals surface area contributed by atoms with Crippen LogP contribution in [0.25, 0.3) is 5.65 Å². The number of hydrogen-bond acceptors (Lipinski definition) is 5. The smallest absolute Gasteiger partial charge is 0.256 e. The molecule has 7 heteroatoms. The molecule has 3 heterocycles. The summed E-state index contributed by atoms with van der Waals surface area (Å²) in [4.78, 5) is 20.8. The average molecular weight is 308 g/mol. The van der Waals surface area contributed by atoms with Crippen LogP contribution in [0.1, 0.15) is 28.8 Å². The number of carbonyl (C=O) groups excluding carboxylic acids is 1. The molecular formula is C16H16N6O. The lowest BCUT2D eigenvalue weighted by Gasteiger charge is -2.06. The molecule has 7 nitrogen and oxygen atoms in total. The molecule has 1 aliphatic rings. The molecule has 0 atom stereocenters. The molecule has 0 radical (unpaired) electrons. The van der Waals surface area contributed by atoms with Gasteiger partial charge in [-0.25, -0.2) is 9.50 Å². The second-order valence-electron chi connectivity index (χ2n) is 5.60. The zero-order valence-electron chi connectivity index (χ0n) is 12.4. The van der Waals surface area contributed by atoms with E-state index in [1.165, 1.54) is 0 Å². The number of aromatic nitrogens is 4. The van der Waals surface area contributed by atoms with Crippen molar-refractivity contribution in [2.45, 2.75) is 25.4 Å². The van der Waals surface area contributed by atoms with Crippen LogP contribution in [0.2, 0.25) is 0 Å². The first kappa shape index (κ1) is 13.7. The maximum absolute atomic E-state index is 12.2. The second-order valence-corrected chi connectivity index (χ2v) is 5.60. The summed E-state index contributed by atoms with van der Waals surface area (Å²) in [7, 11) is 0. The molecule has 3 aromatic rings. The number of carbonyl (C=O) groups is 1. The fourth-order valence-corrected chi connectivity index (χ4v) is 2.31. The Bertz CT molecular complexity index is 840. The van der Waals surface area contributed by atoms with Crippen molar-refractivity contribution in [2.75, 3.05) is 5.32 Å². The molecule has 1 aliphatic carbocycles. The van der Waals surface area contributed by atoms with Crippen molar-refractivity contribution in [3.63, 3.8) is 0 Å². The second kappa shape index (κ2) is 5.68. The lowest BCUT2D eigenvalue weighted by atomic mass is 10.3. The van der Waals surface area contributed by atoms with E-state index in [2.05, 4.69) is 25.7 Å². The van der Waals surface area contributed by atoms with Gasteiger partial charge in [-0.15, -0.1) is 0 Å². The fourth-order valence-electron chi connectivity index (χ4n) is 2.31. The average Bonchev–Trinajstić information content (AvgIpc) is 3.29. The van der Waals surface area contributed by atoms with Gasteiger partial charge < -0.3 is 10.6 Å². The first-order chi connectivity index (χ1) is 11.3. The molecule has 1 saturated carbocycles. The zero-order valence-corrected chi connectivity index (χ0v) is 12.4. The molecule has 0 bridgehead atoms. The summed E-state index contributed by atoms with van der Waals surface area (Å²) in [5.41, 5.74) is 2.12. The molecule has 1 amide bonds. The van der Waals surface area contributed by atoms with Crippen LogP contribution in [0.15, 0.2) is 43.0 Å². The fraction of sp³-hybridized carbons (Fsp3) is 0.250. The van der Waals surface area contributed by atoms with Crippen LogP contribution < -0.4 is 10.6 Å². The summed E-state index contributed by atoms with van der Waals surface area (Å²) in [6, 6.07) is 6.03. The Kier molecular flexibility index (Phi) is 3.38. The Morgan fingerprint density at radius 1 is 1.30 bits per heavy atom.